The van der Waals surface area contributed by atoms with E-state index in [1.54, 1.807) is 0 Å². The summed E-state index contributed by atoms with van der Waals surface area (Å²) >= 11 is 0. The molecule has 0 fully saturated rings. The van der Waals surface area contributed by atoms with Gasteiger partial charge in [-0.3, -0.25) is 0 Å². The van der Waals surface area contributed by atoms with Crippen LogP contribution in [0.1, 0.15) is 24.5 Å². The van der Waals surface area contributed by atoms with Crippen LogP contribution in [0.5, 0.6) is 5.75 Å². The standard InChI is InChI=1S/C20H24N2O/c1-3-22(2)19(13-14-21)15-17-9-11-20(12-10-17)23-16-18-7-5-4-6-8-18/h4-12,19H,3,13,15-16H2,1-2H3/t19-/m1/s1. The molecule has 0 spiro atoms. The maximum absolute atomic E-state index is 8.98. The number of hydrogen-bond donors (Lipinski definition) is 0. The summed E-state index contributed by atoms with van der Waals surface area (Å²) in [7, 11) is 2.07. The highest BCUT2D eigenvalue weighted by molar-refractivity contribution is 5.28. The molecule has 0 saturated heterocycles. The van der Waals surface area contributed by atoms with Crippen molar-refractivity contribution in [2.24, 2.45) is 0 Å². The van der Waals surface area contributed by atoms with E-state index < -0.39 is 0 Å². The molecule has 3 nitrogen and oxygen atoms in total. The van der Waals surface area contributed by atoms with E-state index in [-0.39, 0.29) is 6.04 Å². The largest absolute Gasteiger partial charge is 0.489 e. The molecule has 0 amide bonds. The fraction of sp³-hybridized carbons (Fsp3) is 0.350. The van der Waals surface area contributed by atoms with Crippen LogP contribution in [-0.4, -0.2) is 24.5 Å². The van der Waals surface area contributed by atoms with Crippen molar-refractivity contribution in [2.75, 3.05) is 13.6 Å². The molecule has 0 heterocycles. The molecule has 2 aromatic rings. The topological polar surface area (TPSA) is 36.3 Å². The molecule has 0 radical (unpaired) electrons. The summed E-state index contributed by atoms with van der Waals surface area (Å²) in [5.41, 5.74) is 2.40. The first-order valence-electron chi connectivity index (χ1n) is 8.05. The van der Waals surface area contributed by atoms with Gasteiger partial charge < -0.3 is 9.64 Å². The Morgan fingerprint density at radius 1 is 1.04 bits per heavy atom. The second kappa shape index (κ2) is 8.97. The van der Waals surface area contributed by atoms with Gasteiger partial charge in [0.25, 0.3) is 0 Å². The fourth-order valence-electron chi connectivity index (χ4n) is 2.48. The van der Waals surface area contributed by atoms with Gasteiger partial charge in [-0.1, -0.05) is 49.4 Å². The molecule has 0 aromatic heterocycles. The molecule has 0 aliphatic carbocycles. The van der Waals surface area contributed by atoms with Crippen molar-refractivity contribution in [1.82, 2.24) is 4.90 Å². The average Bonchev–Trinajstić information content (AvgIpc) is 2.61. The molecule has 23 heavy (non-hydrogen) atoms. The van der Waals surface area contributed by atoms with Gasteiger partial charge in [0.2, 0.25) is 0 Å². The molecule has 0 aliphatic heterocycles. The summed E-state index contributed by atoms with van der Waals surface area (Å²) in [5, 5.41) is 8.98. The van der Waals surface area contributed by atoms with E-state index in [0.29, 0.717) is 13.0 Å². The lowest BCUT2D eigenvalue weighted by molar-refractivity contribution is 0.255. The Morgan fingerprint density at radius 2 is 1.74 bits per heavy atom. The van der Waals surface area contributed by atoms with E-state index in [9.17, 15) is 0 Å². The van der Waals surface area contributed by atoms with E-state index in [0.717, 1.165) is 24.3 Å². The summed E-state index contributed by atoms with van der Waals surface area (Å²) in [5.74, 6) is 0.873. The van der Waals surface area contributed by atoms with Crippen LogP contribution >= 0.6 is 0 Å². The van der Waals surface area contributed by atoms with Crippen LogP contribution in [0.4, 0.5) is 0 Å². The van der Waals surface area contributed by atoms with Crippen LogP contribution in [0, 0.1) is 11.3 Å². The Labute approximate surface area is 139 Å². The maximum atomic E-state index is 8.98. The zero-order valence-corrected chi connectivity index (χ0v) is 13.9. The van der Waals surface area contributed by atoms with Crippen molar-refractivity contribution >= 4 is 0 Å². The van der Waals surface area contributed by atoms with Gasteiger partial charge in [0.1, 0.15) is 12.4 Å². The lowest BCUT2D eigenvalue weighted by atomic mass is 10.0. The fourth-order valence-corrected chi connectivity index (χ4v) is 2.48. The Bertz CT molecular complexity index is 616. The number of rotatable bonds is 8. The van der Waals surface area contributed by atoms with E-state index in [1.165, 1.54) is 5.56 Å². The maximum Gasteiger partial charge on any atom is 0.119 e. The van der Waals surface area contributed by atoms with E-state index in [2.05, 4.69) is 49.2 Å². The lowest BCUT2D eigenvalue weighted by Crippen LogP contribution is -2.33. The molecule has 0 N–H and O–H groups in total. The number of hydrogen-bond acceptors (Lipinski definition) is 3. The van der Waals surface area contributed by atoms with Crippen molar-refractivity contribution in [2.45, 2.75) is 32.4 Å². The van der Waals surface area contributed by atoms with Crippen molar-refractivity contribution in [1.29, 1.82) is 5.26 Å². The van der Waals surface area contributed by atoms with Gasteiger partial charge in [-0.25, -0.2) is 0 Å². The first kappa shape index (κ1) is 17.1. The van der Waals surface area contributed by atoms with Crippen molar-refractivity contribution in [3.05, 3.63) is 65.7 Å². The minimum atomic E-state index is 0.265. The molecule has 120 valence electrons. The summed E-state index contributed by atoms with van der Waals surface area (Å²) < 4.78 is 5.81. The summed E-state index contributed by atoms with van der Waals surface area (Å²) in [6.07, 6.45) is 1.44. The Morgan fingerprint density at radius 3 is 2.35 bits per heavy atom. The Hall–Kier alpha value is -2.31. The minimum absolute atomic E-state index is 0.265. The first-order chi connectivity index (χ1) is 11.2. The van der Waals surface area contributed by atoms with Crippen LogP contribution in [0.3, 0.4) is 0 Å². The van der Waals surface area contributed by atoms with Crippen LogP contribution in [-0.2, 0) is 13.0 Å². The van der Waals surface area contributed by atoms with E-state index in [1.807, 2.05) is 30.3 Å². The molecule has 2 aromatic carbocycles. The van der Waals surface area contributed by atoms with Crippen LogP contribution in [0.25, 0.3) is 0 Å². The highest BCUT2D eigenvalue weighted by atomic mass is 16.5. The number of nitrogens with zero attached hydrogens (tertiary/aromatic N) is 2. The Balaban J connectivity index is 1.92. The van der Waals surface area contributed by atoms with Crippen LogP contribution < -0.4 is 4.74 Å². The molecule has 0 bridgehead atoms. The quantitative estimate of drug-likeness (QED) is 0.738. The smallest absolute Gasteiger partial charge is 0.119 e. The van der Waals surface area contributed by atoms with Crippen LogP contribution in [0.2, 0.25) is 0 Å². The number of ether oxygens (including phenoxy) is 1. The van der Waals surface area contributed by atoms with Gasteiger partial charge in [-0.2, -0.15) is 5.26 Å². The van der Waals surface area contributed by atoms with E-state index >= 15 is 0 Å². The summed E-state index contributed by atoms with van der Waals surface area (Å²) in [6.45, 7) is 3.64. The zero-order chi connectivity index (χ0) is 16.5. The van der Waals surface area contributed by atoms with Crippen molar-refractivity contribution in [3.63, 3.8) is 0 Å². The summed E-state index contributed by atoms with van der Waals surface area (Å²) in [6, 6.07) is 20.9. The van der Waals surface area contributed by atoms with E-state index in [4.69, 9.17) is 10.00 Å². The third kappa shape index (κ3) is 5.43. The van der Waals surface area contributed by atoms with Gasteiger partial charge in [-0.15, -0.1) is 0 Å². The molecule has 0 saturated carbocycles. The summed E-state index contributed by atoms with van der Waals surface area (Å²) in [4.78, 5) is 2.23. The number of nitriles is 1. The molecule has 3 heteroatoms. The van der Waals surface area contributed by atoms with Crippen molar-refractivity contribution < 1.29 is 4.74 Å². The SMILES string of the molecule is CCN(C)[C@H](CC#N)Cc1ccc(OCc2ccccc2)cc1. The molecular weight excluding hydrogens is 284 g/mol. The minimum Gasteiger partial charge on any atom is -0.489 e. The predicted octanol–water partition coefficient (Wildman–Crippen LogP) is 4.04. The van der Waals surface area contributed by atoms with Crippen molar-refractivity contribution in [3.8, 4) is 11.8 Å². The third-order valence-electron chi connectivity index (χ3n) is 4.09. The Kier molecular flexibility index (Phi) is 6.65. The molecule has 2 rings (SSSR count). The molecule has 0 unspecified atom stereocenters. The highest BCUT2D eigenvalue weighted by Gasteiger charge is 2.13. The zero-order valence-electron chi connectivity index (χ0n) is 13.9. The lowest BCUT2D eigenvalue weighted by Gasteiger charge is -2.24. The second-order valence-corrected chi connectivity index (χ2v) is 5.71. The number of benzene rings is 2. The second-order valence-electron chi connectivity index (χ2n) is 5.71. The molecule has 0 aliphatic rings. The highest BCUT2D eigenvalue weighted by Crippen LogP contribution is 2.17. The van der Waals surface area contributed by atoms with Gasteiger partial charge in [0.15, 0.2) is 0 Å². The van der Waals surface area contributed by atoms with Gasteiger partial charge >= 0.3 is 0 Å². The monoisotopic (exact) mass is 308 g/mol. The normalized spacial score (nSPS) is 11.9. The third-order valence-corrected chi connectivity index (χ3v) is 4.09. The van der Waals surface area contributed by atoms with Gasteiger partial charge in [0.05, 0.1) is 12.5 Å². The van der Waals surface area contributed by atoms with Gasteiger partial charge in [0, 0.05) is 6.04 Å². The van der Waals surface area contributed by atoms with Crippen LogP contribution in [0.15, 0.2) is 54.6 Å². The first-order valence-corrected chi connectivity index (χ1v) is 8.05. The average molecular weight is 308 g/mol. The molecule has 1 atom stereocenters. The molecular formula is C20H24N2O. The van der Waals surface area contributed by atoms with Gasteiger partial charge in [-0.05, 0) is 43.3 Å². The number of likely N-dealkylation sites (N-methyl/N-ethyl adjacent to an activating group) is 1. The predicted molar refractivity (Wildman–Crippen MR) is 93.2 cm³/mol.